The Bertz CT molecular complexity index is 2370. The number of anilines is 3. The van der Waals surface area contributed by atoms with Gasteiger partial charge in [0, 0.05) is 56.7 Å². The summed E-state index contributed by atoms with van der Waals surface area (Å²) in [5, 5.41) is 11.3. The maximum Gasteiger partial charge on any atom is 0.263 e. The Balaban J connectivity index is 0.862. The number of aryl methyl sites for hydroxylation is 1. The van der Waals surface area contributed by atoms with Crippen molar-refractivity contribution < 1.29 is 37.2 Å². The largest absolute Gasteiger partial charge is 0.366 e. The van der Waals surface area contributed by atoms with E-state index >= 15 is 0 Å². The molecule has 1 atom stereocenters. The van der Waals surface area contributed by atoms with Gasteiger partial charge in [-0.15, -0.1) is 0 Å². The molecular weight excluding hydrogens is 858 g/mol. The number of rotatable bonds is 16. The SMILES string of the molecule is Cc1cccc(Nc2nc(NC3CCN(S(=O)(=O)CCNC(=O)CCCCCCC#Cc4cccc5c4C(=O)N(C4CCC(=O)NC4=O)C5=O)CC3)ncc2Br)c1C(N)=O. The third-order valence-electron chi connectivity index (χ3n) is 10.5. The summed E-state index contributed by atoms with van der Waals surface area (Å²) in [4.78, 5) is 84.5. The van der Waals surface area contributed by atoms with E-state index in [1.54, 1.807) is 43.5 Å². The Labute approximate surface area is 356 Å². The van der Waals surface area contributed by atoms with Crippen molar-refractivity contribution in [3.63, 3.8) is 0 Å². The van der Waals surface area contributed by atoms with E-state index in [1.807, 2.05) is 0 Å². The number of carbonyl (C=O) groups excluding carboxylic acids is 6. The highest BCUT2D eigenvalue weighted by atomic mass is 79.9. The van der Waals surface area contributed by atoms with Gasteiger partial charge in [-0.1, -0.05) is 42.9 Å². The molecular formula is C41H46BrN9O8S. The molecule has 0 saturated carbocycles. The van der Waals surface area contributed by atoms with Crippen molar-refractivity contribution in [2.75, 3.05) is 36.0 Å². The van der Waals surface area contributed by atoms with Crippen LogP contribution >= 0.6 is 15.9 Å². The lowest BCUT2D eigenvalue weighted by atomic mass is 10.0. The van der Waals surface area contributed by atoms with Gasteiger partial charge in [-0.2, -0.15) is 4.98 Å². The molecule has 6 amide bonds. The molecule has 2 aromatic carbocycles. The second-order valence-electron chi connectivity index (χ2n) is 14.8. The summed E-state index contributed by atoms with van der Waals surface area (Å²) in [6.45, 7) is 2.42. The van der Waals surface area contributed by atoms with Crippen molar-refractivity contribution in [2.24, 2.45) is 5.73 Å². The number of primary amides is 1. The molecule has 3 aliphatic heterocycles. The first kappa shape index (κ1) is 43.9. The highest BCUT2D eigenvalue weighted by Crippen LogP contribution is 2.31. The summed E-state index contributed by atoms with van der Waals surface area (Å²) >= 11 is 3.44. The monoisotopic (exact) mass is 903 g/mol. The number of halogens is 1. The number of benzene rings is 2. The second-order valence-corrected chi connectivity index (χ2v) is 17.7. The zero-order chi connectivity index (χ0) is 43.0. The number of imide groups is 2. The van der Waals surface area contributed by atoms with Gasteiger partial charge in [0.2, 0.25) is 33.7 Å². The normalized spacial score (nSPS) is 17.1. The lowest BCUT2D eigenvalue weighted by molar-refractivity contribution is -0.136. The summed E-state index contributed by atoms with van der Waals surface area (Å²) in [5.41, 5.74) is 7.94. The fourth-order valence-corrected chi connectivity index (χ4v) is 9.05. The molecule has 6 N–H and O–H groups in total. The van der Waals surface area contributed by atoms with Crippen LogP contribution in [-0.4, -0.2) is 101 Å². The van der Waals surface area contributed by atoms with E-state index in [-0.39, 0.29) is 54.6 Å². The van der Waals surface area contributed by atoms with Gasteiger partial charge in [-0.3, -0.25) is 39.0 Å². The lowest BCUT2D eigenvalue weighted by Gasteiger charge is -2.31. The van der Waals surface area contributed by atoms with Gasteiger partial charge in [-0.05, 0) is 78.7 Å². The number of carbonyl (C=O) groups is 6. The quantitative estimate of drug-likeness (QED) is 0.0789. The van der Waals surface area contributed by atoms with E-state index in [1.165, 1.54) is 10.4 Å². The molecule has 0 radical (unpaired) electrons. The molecule has 6 rings (SSSR count). The average Bonchev–Trinajstić information content (AvgIpc) is 3.46. The standard InChI is InChI=1S/C41H46BrN9O8S/c1-25-10-8-14-30(34(25)36(43)54)47-37-29(42)24-45-41(49-37)46-27-18-21-50(22-19-27)60(58,59)23-20-44-32(52)15-7-5-3-2-4-6-11-26-12-9-13-28-35(26)40(57)51(39(28)56)31-16-17-33(53)48-38(31)55/h8-10,12-14,24,27,31H,2-5,7,15-23H2,1H3,(H2,43,54)(H,44,52)(H,48,53,55)(H2,45,46,47,49). The molecule has 60 heavy (non-hydrogen) atoms. The highest BCUT2D eigenvalue weighted by molar-refractivity contribution is 9.10. The van der Waals surface area contributed by atoms with Crippen molar-refractivity contribution >= 4 is 78.8 Å². The number of nitrogens with one attached hydrogen (secondary N) is 4. The summed E-state index contributed by atoms with van der Waals surface area (Å²) in [7, 11) is -3.59. The van der Waals surface area contributed by atoms with E-state index in [0.717, 1.165) is 29.7 Å². The zero-order valence-electron chi connectivity index (χ0n) is 33.0. The van der Waals surface area contributed by atoms with Gasteiger partial charge in [0.25, 0.3) is 17.7 Å². The summed E-state index contributed by atoms with van der Waals surface area (Å²) < 4.78 is 28.1. The minimum absolute atomic E-state index is 0.0123. The van der Waals surface area contributed by atoms with E-state index in [9.17, 15) is 37.2 Å². The molecule has 0 spiro atoms. The minimum atomic E-state index is -3.59. The topological polar surface area (TPSA) is 243 Å². The fourth-order valence-electron chi connectivity index (χ4n) is 7.38. The van der Waals surface area contributed by atoms with Crippen LogP contribution in [0.25, 0.3) is 0 Å². The molecule has 2 saturated heterocycles. The Kier molecular flexibility index (Phi) is 14.3. The van der Waals surface area contributed by atoms with Crippen LogP contribution in [0.1, 0.15) is 106 Å². The number of hydrogen-bond donors (Lipinski definition) is 5. The van der Waals surface area contributed by atoms with Gasteiger partial charge in [0.15, 0.2) is 0 Å². The Morgan fingerprint density at radius 2 is 1.75 bits per heavy atom. The number of nitrogens with zero attached hydrogens (tertiary/aromatic N) is 4. The molecule has 0 bridgehead atoms. The van der Waals surface area contributed by atoms with E-state index < -0.39 is 45.6 Å². The minimum Gasteiger partial charge on any atom is -0.366 e. The number of piperidine rings is 2. The van der Waals surface area contributed by atoms with Crippen molar-refractivity contribution in [3.05, 3.63) is 74.9 Å². The van der Waals surface area contributed by atoms with Gasteiger partial charge >= 0.3 is 0 Å². The first-order chi connectivity index (χ1) is 28.7. The first-order valence-corrected chi connectivity index (χ1v) is 22.2. The molecule has 4 heterocycles. The van der Waals surface area contributed by atoms with Crippen molar-refractivity contribution in [1.82, 2.24) is 29.8 Å². The van der Waals surface area contributed by atoms with Gasteiger partial charge in [-0.25, -0.2) is 17.7 Å². The Morgan fingerprint density at radius 3 is 2.50 bits per heavy atom. The van der Waals surface area contributed by atoms with E-state index in [4.69, 9.17) is 5.73 Å². The number of sulfonamides is 1. The van der Waals surface area contributed by atoms with Crippen LogP contribution in [0.3, 0.4) is 0 Å². The van der Waals surface area contributed by atoms with Crippen LogP contribution in [0, 0.1) is 18.8 Å². The van der Waals surface area contributed by atoms with Crippen LogP contribution < -0.4 is 27.0 Å². The molecule has 1 aromatic heterocycles. The van der Waals surface area contributed by atoms with Gasteiger partial charge in [0.05, 0.1) is 32.6 Å². The van der Waals surface area contributed by atoms with Gasteiger partial charge in [0.1, 0.15) is 11.9 Å². The van der Waals surface area contributed by atoms with Gasteiger partial charge < -0.3 is 21.7 Å². The fraction of sp³-hybridized carbons (Fsp3) is 0.415. The smallest absolute Gasteiger partial charge is 0.263 e. The van der Waals surface area contributed by atoms with Crippen LogP contribution in [-0.2, 0) is 24.4 Å². The van der Waals surface area contributed by atoms with Crippen molar-refractivity contribution in [2.45, 2.75) is 83.2 Å². The highest BCUT2D eigenvalue weighted by Gasteiger charge is 2.45. The molecule has 2 fully saturated rings. The van der Waals surface area contributed by atoms with Crippen LogP contribution in [0.4, 0.5) is 17.5 Å². The number of unbranched alkanes of at least 4 members (excludes halogenated alkanes) is 4. The molecule has 0 aliphatic carbocycles. The van der Waals surface area contributed by atoms with E-state index in [2.05, 4.69) is 59.0 Å². The number of nitrogens with two attached hydrogens (primary N) is 1. The maximum absolute atomic E-state index is 13.2. The average molecular weight is 905 g/mol. The predicted molar refractivity (Wildman–Crippen MR) is 225 cm³/mol. The van der Waals surface area contributed by atoms with Crippen LogP contribution in [0.2, 0.25) is 0 Å². The van der Waals surface area contributed by atoms with Crippen molar-refractivity contribution in [1.29, 1.82) is 0 Å². The number of fused-ring (bicyclic) bond motifs is 1. The summed E-state index contributed by atoms with van der Waals surface area (Å²) in [6, 6.07) is 9.04. The summed E-state index contributed by atoms with van der Waals surface area (Å²) in [5.74, 6) is 3.56. The molecule has 3 aromatic rings. The number of aromatic nitrogens is 2. The second kappa shape index (κ2) is 19.6. The maximum atomic E-state index is 13.2. The zero-order valence-corrected chi connectivity index (χ0v) is 35.4. The van der Waals surface area contributed by atoms with Crippen LogP contribution in [0.5, 0.6) is 0 Å². The first-order valence-electron chi connectivity index (χ1n) is 19.8. The predicted octanol–water partition coefficient (Wildman–Crippen LogP) is 3.51. The Morgan fingerprint density at radius 1 is 1.00 bits per heavy atom. The van der Waals surface area contributed by atoms with E-state index in [0.29, 0.717) is 71.8 Å². The molecule has 1 unspecified atom stereocenters. The number of hydrogen-bond acceptors (Lipinski definition) is 12. The molecule has 17 nitrogen and oxygen atoms in total. The third kappa shape index (κ3) is 10.5. The number of amides is 6. The van der Waals surface area contributed by atoms with Crippen LogP contribution in [0.15, 0.2) is 47.1 Å². The Hall–Kier alpha value is -5.71. The van der Waals surface area contributed by atoms with Crippen molar-refractivity contribution in [3.8, 4) is 11.8 Å². The molecule has 19 heteroatoms. The lowest BCUT2D eigenvalue weighted by Crippen LogP contribution is -2.54. The third-order valence-corrected chi connectivity index (χ3v) is 13.0. The molecule has 316 valence electrons. The molecule has 3 aliphatic rings. The summed E-state index contributed by atoms with van der Waals surface area (Å²) in [6.07, 6.45) is 6.54.